The van der Waals surface area contributed by atoms with Crippen molar-refractivity contribution in [2.45, 2.75) is 18.6 Å². The van der Waals surface area contributed by atoms with Gasteiger partial charge >= 0.3 is 0 Å². The van der Waals surface area contributed by atoms with Crippen molar-refractivity contribution in [1.82, 2.24) is 0 Å². The summed E-state index contributed by atoms with van der Waals surface area (Å²) in [5, 5.41) is 0. The minimum absolute atomic E-state index is 0.00641. The van der Waals surface area contributed by atoms with Gasteiger partial charge in [-0.3, -0.25) is 9.69 Å². The quantitative estimate of drug-likeness (QED) is 0.798. The molecule has 0 saturated carbocycles. The van der Waals surface area contributed by atoms with Gasteiger partial charge in [0.2, 0.25) is 0 Å². The average molecular weight is 277 g/mol. The third-order valence-corrected chi connectivity index (χ3v) is 4.35. The number of benzene rings is 2. The first-order valence-corrected chi connectivity index (χ1v) is 7.04. The van der Waals surface area contributed by atoms with Crippen LogP contribution >= 0.6 is 0 Å². The second-order valence-electron chi connectivity index (χ2n) is 5.56. The second-order valence-corrected chi connectivity index (χ2v) is 5.56. The molecule has 0 spiro atoms. The van der Waals surface area contributed by atoms with Crippen LogP contribution in [0, 0.1) is 0 Å². The van der Waals surface area contributed by atoms with E-state index in [2.05, 4.69) is 0 Å². The van der Waals surface area contributed by atoms with Crippen molar-refractivity contribution in [3.63, 3.8) is 0 Å². The highest BCUT2D eigenvalue weighted by molar-refractivity contribution is 6.08. The van der Waals surface area contributed by atoms with Crippen molar-refractivity contribution in [3.05, 3.63) is 78.1 Å². The number of amides is 1. The monoisotopic (exact) mass is 277 g/mol. The number of fused-ring (bicyclic) bond motifs is 3. The molecule has 2 atom stereocenters. The van der Waals surface area contributed by atoms with Gasteiger partial charge in [-0.15, -0.1) is 0 Å². The molecule has 0 N–H and O–H groups in total. The first-order valence-electron chi connectivity index (χ1n) is 7.04. The van der Waals surface area contributed by atoms with Gasteiger partial charge in [0.1, 0.15) is 6.04 Å². The zero-order chi connectivity index (χ0) is 14.4. The molecular weight excluding hydrogens is 262 g/mol. The first-order chi connectivity index (χ1) is 10.2. The van der Waals surface area contributed by atoms with Crippen LogP contribution in [0.3, 0.4) is 0 Å². The Bertz CT molecular complexity index is 738. The third-order valence-electron chi connectivity index (χ3n) is 4.35. The number of rotatable bonds is 1. The van der Waals surface area contributed by atoms with Crippen LogP contribution in [0.2, 0.25) is 0 Å². The third kappa shape index (κ3) is 1.57. The molecular formula is C18H15NO2. The van der Waals surface area contributed by atoms with Crippen molar-refractivity contribution in [3.8, 4) is 0 Å². The van der Waals surface area contributed by atoms with E-state index >= 15 is 0 Å². The highest BCUT2D eigenvalue weighted by Gasteiger charge is 2.52. The summed E-state index contributed by atoms with van der Waals surface area (Å²) in [7, 11) is 0. The van der Waals surface area contributed by atoms with Gasteiger partial charge in [-0.2, -0.15) is 0 Å². The Morgan fingerprint density at radius 2 is 1.81 bits per heavy atom. The Morgan fingerprint density at radius 3 is 2.62 bits per heavy atom. The molecule has 2 aliphatic rings. The van der Waals surface area contributed by atoms with E-state index in [9.17, 15) is 4.79 Å². The maximum atomic E-state index is 12.9. The molecule has 0 saturated heterocycles. The normalized spacial score (nSPS) is 25.4. The molecule has 0 fully saturated rings. The van der Waals surface area contributed by atoms with E-state index in [0.717, 1.165) is 11.3 Å². The van der Waals surface area contributed by atoms with E-state index < -0.39 is 5.60 Å². The molecule has 0 bridgehead atoms. The zero-order valence-corrected chi connectivity index (χ0v) is 11.7. The molecule has 0 unspecified atom stereocenters. The topological polar surface area (TPSA) is 29.5 Å². The smallest absolute Gasteiger partial charge is 0.258 e. The summed E-state index contributed by atoms with van der Waals surface area (Å²) < 4.78 is 5.83. The summed E-state index contributed by atoms with van der Waals surface area (Å²) in [6.45, 7) is 2.04. The Morgan fingerprint density at radius 1 is 1.10 bits per heavy atom. The Kier molecular flexibility index (Phi) is 2.45. The lowest BCUT2D eigenvalue weighted by atomic mass is 9.93. The molecule has 2 heterocycles. The molecule has 1 amide bonds. The van der Waals surface area contributed by atoms with Gasteiger partial charge < -0.3 is 4.74 Å². The summed E-state index contributed by atoms with van der Waals surface area (Å²) in [6.07, 6.45) is 3.66. The largest absolute Gasteiger partial charge is 0.488 e. The Hall–Kier alpha value is -2.55. The van der Waals surface area contributed by atoms with Crippen molar-refractivity contribution >= 4 is 11.6 Å². The molecule has 0 radical (unpaired) electrons. The molecule has 4 rings (SSSR count). The van der Waals surface area contributed by atoms with Crippen LogP contribution in [0.4, 0.5) is 5.69 Å². The van der Waals surface area contributed by atoms with Crippen LogP contribution in [-0.4, -0.2) is 11.9 Å². The number of hydrogen-bond donors (Lipinski definition) is 0. The fraction of sp³-hybridized carbons (Fsp3) is 0.167. The van der Waals surface area contributed by atoms with Gasteiger partial charge in [-0.05, 0) is 31.2 Å². The SMILES string of the molecule is C[C@@]12OC=C[C@@H]1N(C(=O)c1ccccc1)c1ccccc12. The minimum Gasteiger partial charge on any atom is -0.488 e. The minimum atomic E-state index is -0.485. The van der Waals surface area contributed by atoms with E-state index in [1.54, 1.807) is 6.26 Å². The van der Waals surface area contributed by atoms with Gasteiger partial charge in [0.15, 0.2) is 5.60 Å². The first kappa shape index (κ1) is 12.2. The highest BCUT2D eigenvalue weighted by Crippen LogP contribution is 2.49. The van der Waals surface area contributed by atoms with Gasteiger partial charge in [0, 0.05) is 11.1 Å². The van der Waals surface area contributed by atoms with Crippen molar-refractivity contribution in [2.75, 3.05) is 4.90 Å². The molecule has 21 heavy (non-hydrogen) atoms. The van der Waals surface area contributed by atoms with E-state index in [-0.39, 0.29) is 11.9 Å². The summed E-state index contributed by atoms with van der Waals surface area (Å²) >= 11 is 0. The van der Waals surface area contributed by atoms with Crippen molar-refractivity contribution in [2.24, 2.45) is 0 Å². The molecule has 0 aromatic heterocycles. The van der Waals surface area contributed by atoms with E-state index in [0.29, 0.717) is 5.56 Å². The second kappa shape index (κ2) is 4.22. The van der Waals surface area contributed by atoms with Crippen LogP contribution in [0.5, 0.6) is 0 Å². The lowest BCUT2D eigenvalue weighted by molar-refractivity contribution is 0.0531. The predicted molar refractivity (Wildman–Crippen MR) is 81.1 cm³/mol. The molecule has 2 aliphatic heterocycles. The number of ether oxygens (including phenoxy) is 1. The fourth-order valence-electron chi connectivity index (χ4n) is 3.27. The molecule has 0 aliphatic carbocycles. The number of carbonyl (C=O) groups excluding carboxylic acids is 1. The molecule has 104 valence electrons. The average Bonchev–Trinajstić information content (AvgIpc) is 3.01. The Balaban J connectivity index is 1.86. The maximum absolute atomic E-state index is 12.9. The van der Waals surface area contributed by atoms with Gasteiger partial charge in [0.05, 0.1) is 11.9 Å². The molecule has 2 aromatic carbocycles. The summed E-state index contributed by atoms with van der Waals surface area (Å²) in [5.41, 5.74) is 2.20. The lowest BCUT2D eigenvalue weighted by Crippen LogP contribution is -2.43. The van der Waals surface area contributed by atoms with Crippen LogP contribution < -0.4 is 4.90 Å². The zero-order valence-electron chi connectivity index (χ0n) is 11.7. The van der Waals surface area contributed by atoms with Crippen LogP contribution in [0.25, 0.3) is 0 Å². The number of anilines is 1. The summed E-state index contributed by atoms with van der Waals surface area (Å²) in [4.78, 5) is 14.8. The van der Waals surface area contributed by atoms with Crippen LogP contribution in [-0.2, 0) is 10.3 Å². The van der Waals surface area contributed by atoms with Gasteiger partial charge in [0.25, 0.3) is 5.91 Å². The van der Waals surface area contributed by atoms with Gasteiger partial charge in [-0.1, -0.05) is 36.4 Å². The molecule has 3 nitrogen and oxygen atoms in total. The van der Waals surface area contributed by atoms with Crippen molar-refractivity contribution in [1.29, 1.82) is 0 Å². The fourth-order valence-corrected chi connectivity index (χ4v) is 3.27. The van der Waals surface area contributed by atoms with Crippen LogP contribution in [0.15, 0.2) is 66.9 Å². The Labute approximate surface area is 123 Å². The van der Waals surface area contributed by atoms with E-state index in [4.69, 9.17) is 4.74 Å². The number of nitrogens with zero attached hydrogens (tertiary/aromatic N) is 1. The summed E-state index contributed by atoms with van der Waals surface area (Å²) in [6, 6.07) is 17.2. The maximum Gasteiger partial charge on any atom is 0.258 e. The summed E-state index contributed by atoms with van der Waals surface area (Å²) in [5.74, 6) is 0.00641. The lowest BCUT2D eigenvalue weighted by Gasteiger charge is -2.28. The van der Waals surface area contributed by atoms with Gasteiger partial charge in [-0.25, -0.2) is 0 Å². The number of hydrogen-bond acceptors (Lipinski definition) is 2. The highest BCUT2D eigenvalue weighted by atomic mass is 16.5. The van der Waals surface area contributed by atoms with E-state index in [1.165, 1.54) is 0 Å². The van der Waals surface area contributed by atoms with E-state index in [1.807, 2.05) is 72.5 Å². The van der Waals surface area contributed by atoms with Crippen molar-refractivity contribution < 1.29 is 9.53 Å². The number of carbonyl (C=O) groups is 1. The van der Waals surface area contributed by atoms with Crippen LogP contribution in [0.1, 0.15) is 22.8 Å². The number of para-hydroxylation sites is 1. The predicted octanol–water partition coefficient (Wildman–Crippen LogP) is 3.47. The molecule has 2 aromatic rings. The molecule has 3 heteroatoms. The standard InChI is InChI=1S/C18H15NO2/c1-18-14-9-5-6-10-15(14)19(16(18)11-12-21-18)17(20)13-7-3-2-4-8-13/h2-12,16H,1H3/t16-,18-/m0/s1.